The van der Waals surface area contributed by atoms with Gasteiger partial charge >= 0.3 is 0 Å². The predicted molar refractivity (Wildman–Crippen MR) is 108 cm³/mol. The Labute approximate surface area is 166 Å². The minimum atomic E-state index is 0.110. The lowest BCUT2D eigenvalue weighted by molar-refractivity contribution is -0.132. The number of carbonyl (C=O) groups excluding carboxylic acids is 1. The van der Waals surface area contributed by atoms with E-state index in [1.807, 2.05) is 42.2 Å². The van der Waals surface area contributed by atoms with Crippen LogP contribution < -0.4 is 10.1 Å². The molecule has 1 aliphatic heterocycles. The van der Waals surface area contributed by atoms with Crippen LogP contribution in [-0.2, 0) is 4.79 Å². The number of ether oxygens (including phenoxy) is 1. The summed E-state index contributed by atoms with van der Waals surface area (Å²) in [6.45, 7) is 0.630. The second-order valence-corrected chi connectivity index (χ2v) is 7.24. The van der Waals surface area contributed by atoms with Crippen molar-refractivity contribution in [3.05, 3.63) is 42.9 Å². The van der Waals surface area contributed by atoms with Crippen molar-refractivity contribution in [1.29, 1.82) is 0 Å². The van der Waals surface area contributed by atoms with Crippen LogP contribution in [0.5, 0.6) is 5.88 Å². The summed E-state index contributed by atoms with van der Waals surface area (Å²) in [6.07, 6.45) is 6.89. The molecule has 1 aliphatic rings. The molecule has 1 saturated heterocycles. The zero-order chi connectivity index (χ0) is 20.0. The number of likely N-dealkylation sites (N-methyl/N-ethyl adjacent to an activating group) is 1. The Morgan fingerprint density at radius 3 is 2.90 bits per heavy atom. The van der Waals surface area contributed by atoms with Crippen molar-refractivity contribution >= 4 is 22.9 Å². The molecule has 1 amide bonds. The lowest BCUT2D eigenvalue weighted by Crippen LogP contribution is -2.43. The minimum Gasteiger partial charge on any atom is -0.479 e. The number of piperidine rings is 1. The Balaban J connectivity index is 1.51. The van der Waals surface area contributed by atoms with Gasteiger partial charge in [-0.3, -0.25) is 4.79 Å². The molecule has 0 spiro atoms. The van der Waals surface area contributed by atoms with Crippen molar-refractivity contribution in [2.45, 2.75) is 18.9 Å². The molecule has 148 valence electrons. The van der Waals surface area contributed by atoms with E-state index in [0.717, 1.165) is 28.6 Å². The first-order valence-corrected chi connectivity index (χ1v) is 9.50. The minimum absolute atomic E-state index is 0.110. The Morgan fingerprint density at radius 2 is 2.07 bits per heavy atom. The average Bonchev–Trinajstić information content (AvgIpc) is 3.36. The van der Waals surface area contributed by atoms with Crippen molar-refractivity contribution in [1.82, 2.24) is 29.1 Å². The molecule has 5 heterocycles. The van der Waals surface area contributed by atoms with Gasteiger partial charge in [-0.25, -0.2) is 9.03 Å². The molecule has 1 fully saturated rings. The zero-order valence-corrected chi connectivity index (χ0v) is 16.2. The first-order chi connectivity index (χ1) is 14.1. The molecular weight excluding hydrogens is 370 g/mol. The molecule has 29 heavy (non-hydrogen) atoms. The van der Waals surface area contributed by atoms with Crippen LogP contribution in [0.4, 0.5) is 5.95 Å². The van der Waals surface area contributed by atoms with Crippen molar-refractivity contribution < 1.29 is 9.53 Å². The third-order valence-corrected chi connectivity index (χ3v) is 5.34. The van der Waals surface area contributed by atoms with Crippen LogP contribution in [-0.4, -0.2) is 61.8 Å². The number of hydrogen-bond acceptors (Lipinski definition) is 6. The Hall–Kier alpha value is -3.62. The maximum Gasteiger partial charge on any atom is 0.244 e. The predicted octanol–water partition coefficient (Wildman–Crippen LogP) is 2.09. The zero-order valence-electron chi connectivity index (χ0n) is 16.2. The van der Waals surface area contributed by atoms with Gasteiger partial charge in [0.2, 0.25) is 17.7 Å². The van der Waals surface area contributed by atoms with Crippen molar-refractivity contribution in [3.63, 3.8) is 0 Å². The number of aromatic nitrogens is 5. The highest BCUT2D eigenvalue weighted by Crippen LogP contribution is 2.32. The van der Waals surface area contributed by atoms with E-state index in [4.69, 9.17) is 4.74 Å². The molecule has 4 aromatic heterocycles. The molecule has 1 atom stereocenters. The molecule has 9 nitrogen and oxygen atoms in total. The quantitative estimate of drug-likeness (QED) is 0.573. The number of anilines is 1. The number of rotatable bonds is 4. The molecule has 1 N–H and O–H groups in total. The van der Waals surface area contributed by atoms with Gasteiger partial charge in [0.25, 0.3) is 0 Å². The molecule has 1 unspecified atom stereocenters. The van der Waals surface area contributed by atoms with Crippen LogP contribution in [0.2, 0.25) is 0 Å². The average molecular weight is 391 g/mol. The Bertz CT molecular complexity index is 1210. The van der Waals surface area contributed by atoms with Gasteiger partial charge in [0.1, 0.15) is 5.52 Å². The Morgan fingerprint density at radius 1 is 1.21 bits per heavy atom. The van der Waals surface area contributed by atoms with Crippen molar-refractivity contribution in [3.8, 4) is 17.0 Å². The molecular formula is C20H21N7O2. The fourth-order valence-electron chi connectivity index (χ4n) is 3.83. The summed E-state index contributed by atoms with van der Waals surface area (Å²) in [6, 6.07) is 8.16. The van der Waals surface area contributed by atoms with Gasteiger partial charge in [-0.1, -0.05) is 0 Å². The van der Waals surface area contributed by atoms with E-state index < -0.39 is 0 Å². The lowest BCUT2D eigenvalue weighted by Gasteiger charge is -2.30. The van der Waals surface area contributed by atoms with Gasteiger partial charge in [-0.2, -0.15) is 10.1 Å². The molecule has 9 heteroatoms. The molecule has 0 bridgehead atoms. The van der Waals surface area contributed by atoms with Crippen LogP contribution in [0, 0.1) is 0 Å². The third kappa shape index (κ3) is 3.04. The Kier molecular flexibility index (Phi) is 4.08. The monoisotopic (exact) mass is 391 g/mol. The van der Waals surface area contributed by atoms with E-state index in [1.54, 1.807) is 22.7 Å². The number of nitrogens with zero attached hydrogens (tertiary/aromatic N) is 6. The van der Waals surface area contributed by atoms with E-state index in [0.29, 0.717) is 24.8 Å². The molecule has 0 saturated carbocycles. The van der Waals surface area contributed by atoms with Crippen LogP contribution in [0.15, 0.2) is 42.9 Å². The van der Waals surface area contributed by atoms with Gasteiger partial charge in [0, 0.05) is 50.2 Å². The first kappa shape index (κ1) is 17.5. The second-order valence-electron chi connectivity index (χ2n) is 7.24. The third-order valence-electron chi connectivity index (χ3n) is 5.34. The number of methoxy groups -OCH3 is 1. The van der Waals surface area contributed by atoms with Gasteiger partial charge in [-0.15, -0.1) is 5.10 Å². The van der Waals surface area contributed by atoms with Gasteiger partial charge in [-0.05, 0) is 36.2 Å². The molecule has 0 aromatic carbocycles. The highest BCUT2D eigenvalue weighted by molar-refractivity contribution is 5.85. The van der Waals surface area contributed by atoms with Crippen LogP contribution in [0.25, 0.3) is 22.2 Å². The van der Waals surface area contributed by atoms with Gasteiger partial charge in [0.05, 0.1) is 12.6 Å². The van der Waals surface area contributed by atoms with E-state index >= 15 is 0 Å². The molecule has 0 radical (unpaired) electrons. The highest BCUT2D eigenvalue weighted by atomic mass is 16.5. The molecule has 0 aliphatic carbocycles. The molecule has 4 aromatic rings. The highest BCUT2D eigenvalue weighted by Gasteiger charge is 2.24. The van der Waals surface area contributed by atoms with Crippen LogP contribution in [0.3, 0.4) is 0 Å². The summed E-state index contributed by atoms with van der Waals surface area (Å²) in [5, 5.41) is 12.2. The van der Waals surface area contributed by atoms with E-state index in [9.17, 15) is 4.79 Å². The number of hydrogen-bond donors (Lipinski definition) is 1. The smallest absolute Gasteiger partial charge is 0.244 e. The number of likely N-dealkylation sites (tertiary alicyclic amines) is 1. The summed E-state index contributed by atoms with van der Waals surface area (Å²) in [5.74, 6) is 1.15. The lowest BCUT2D eigenvalue weighted by atomic mass is 10.1. The summed E-state index contributed by atoms with van der Waals surface area (Å²) < 4.78 is 9.20. The first-order valence-electron chi connectivity index (χ1n) is 9.50. The second kappa shape index (κ2) is 6.77. The summed E-state index contributed by atoms with van der Waals surface area (Å²) in [4.78, 5) is 18.0. The van der Waals surface area contributed by atoms with E-state index in [1.165, 1.54) is 0 Å². The standard InChI is InChI=1S/C20H21N7O2/c1-25-12-14(3-4-17(25)28)22-20-23-19(29-2)18-16(7-10-27(18)24-20)13-6-9-26-15(11-13)5-8-21-26/h5-11,14H,3-4,12H2,1-2H3,(H,22,24). The fraction of sp³-hybridized carbons (Fsp3) is 0.300. The van der Waals surface area contributed by atoms with E-state index in [2.05, 4.69) is 26.6 Å². The number of fused-ring (bicyclic) bond motifs is 2. The van der Waals surface area contributed by atoms with Crippen LogP contribution in [0.1, 0.15) is 12.8 Å². The van der Waals surface area contributed by atoms with Crippen molar-refractivity contribution in [2.24, 2.45) is 0 Å². The topological polar surface area (TPSA) is 89.1 Å². The number of pyridine rings is 1. The fourth-order valence-corrected chi connectivity index (χ4v) is 3.83. The van der Waals surface area contributed by atoms with Gasteiger partial charge < -0.3 is 15.0 Å². The van der Waals surface area contributed by atoms with Crippen molar-refractivity contribution in [2.75, 3.05) is 26.0 Å². The number of amides is 1. The maximum absolute atomic E-state index is 11.7. The molecule has 5 rings (SSSR count). The van der Waals surface area contributed by atoms with Crippen LogP contribution >= 0.6 is 0 Å². The summed E-state index contributed by atoms with van der Waals surface area (Å²) in [5.41, 5.74) is 3.84. The summed E-state index contributed by atoms with van der Waals surface area (Å²) >= 11 is 0. The maximum atomic E-state index is 11.7. The number of nitrogens with one attached hydrogen (secondary N) is 1. The number of carbonyl (C=O) groups is 1. The largest absolute Gasteiger partial charge is 0.479 e. The SMILES string of the molecule is COc1nc(NC2CCC(=O)N(C)C2)nn2ccc(-c3ccn4nccc4c3)c12. The normalized spacial score (nSPS) is 17.2. The summed E-state index contributed by atoms with van der Waals surface area (Å²) in [7, 11) is 3.42. The van der Waals surface area contributed by atoms with E-state index in [-0.39, 0.29) is 11.9 Å². The van der Waals surface area contributed by atoms with Gasteiger partial charge in [0.15, 0.2) is 0 Å².